The summed E-state index contributed by atoms with van der Waals surface area (Å²) in [5, 5.41) is 3.72. The van der Waals surface area contributed by atoms with Crippen molar-refractivity contribution in [1.29, 1.82) is 0 Å². The molecule has 1 fully saturated rings. The van der Waals surface area contributed by atoms with Crippen LogP contribution in [0.1, 0.15) is 12.8 Å². The summed E-state index contributed by atoms with van der Waals surface area (Å²) in [6.45, 7) is 0. The van der Waals surface area contributed by atoms with Gasteiger partial charge in [-0.05, 0) is 31.0 Å². The summed E-state index contributed by atoms with van der Waals surface area (Å²) in [7, 11) is 0. The first-order valence-electron chi connectivity index (χ1n) is 4.52. The number of nitrogens with one attached hydrogen (secondary N) is 1. The minimum absolute atomic E-state index is 0.0614. The molecule has 2 rings (SSSR count). The molecule has 0 saturated heterocycles. The summed E-state index contributed by atoms with van der Waals surface area (Å²) in [5.74, 6) is 0. The third kappa shape index (κ3) is 2.04. The van der Waals surface area contributed by atoms with Crippen LogP contribution in [-0.4, -0.2) is 12.2 Å². The first-order valence-corrected chi connectivity index (χ1v) is 5.69. The lowest BCUT2D eigenvalue weighted by Gasteiger charge is -2.32. The van der Waals surface area contributed by atoms with E-state index in [1.165, 1.54) is 0 Å². The molecule has 2 atom stereocenters. The number of rotatable bonds is 2. The lowest BCUT2D eigenvalue weighted by molar-refractivity contribution is 0.186. The molecule has 0 radical (unpaired) electrons. The van der Waals surface area contributed by atoms with Crippen LogP contribution in [0, 0.1) is 0 Å². The Morgan fingerprint density at radius 2 is 2.21 bits per heavy atom. The topological polar surface area (TPSA) is 12.0 Å². The van der Waals surface area contributed by atoms with Crippen molar-refractivity contribution in [3.05, 3.63) is 27.7 Å². The summed E-state index contributed by atoms with van der Waals surface area (Å²) >= 11 is 9.31. The van der Waals surface area contributed by atoms with Crippen molar-refractivity contribution in [2.75, 3.05) is 5.32 Å². The van der Waals surface area contributed by atoms with Crippen molar-refractivity contribution in [3.63, 3.8) is 0 Å². The minimum atomic E-state index is -0.727. The summed E-state index contributed by atoms with van der Waals surface area (Å²) in [4.78, 5) is 0. The van der Waals surface area contributed by atoms with Gasteiger partial charge in [0.15, 0.2) is 0 Å². The van der Waals surface area contributed by atoms with Gasteiger partial charge in [0.2, 0.25) is 0 Å². The van der Waals surface area contributed by atoms with Gasteiger partial charge in [-0.3, -0.25) is 0 Å². The molecule has 0 heterocycles. The lowest BCUT2D eigenvalue weighted by atomic mass is 9.90. The molecule has 0 aliphatic heterocycles. The minimum Gasteiger partial charge on any atom is -0.378 e. The molecular weight excluding hydrogens is 268 g/mol. The molecule has 1 saturated carbocycles. The molecular formula is C10H10BrClFN. The molecule has 76 valence electrons. The van der Waals surface area contributed by atoms with Crippen molar-refractivity contribution in [1.82, 2.24) is 0 Å². The van der Waals surface area contributed by atoms with Crippen molar-refractivity contribution in [2.45, 2.75) is 25.1 Å². The SMILES string of the molecule is FC1CCC1Nc1ccc(Br)cc1Cl. The molecule has 14 heavy (non-hydrogen) atoms. The molecule has 1 N–H and O–H groups in total. The summed E-state index contributed by atoms with van der Waals surface area (Å²) < 4.78 is 13.9. The number of hydrogen-bond acceptors (Lipinski definition) is 1. The van der Waals surface area contributed by atoms with E-state index < -0.39 is 6.17 Å². The van der Waals surface area contributed by atoms with E-state index in [4.69, 9.17) is 11.6 Å². The highest BCUT2D eigenvalue weighted by Gasteiger charge is 2.30. The Kier molecular flexibility index (Phi) is 2.98. The van der Waals surface area contributed by atoms with Gasteiger partial charge in [-0.2, -0.15) is 0 Å². The predicted octanol–water partition coefficient (Wildman–Crippen LogP) is 4.01. The number of halogens is 3. The maximum Gasteiger partial charge on any atom is 0.120 e. The predicted molar refractivity (Wildman–Crippen MR) is 60.7 cm³/mol. The molecule has 2 unspecified atom stereocenters. The van der Waals surface area contributed by atoms with Crippen molar-refractivity contribution >= 4 is 33.2 Å². The number of anilines is 1. The van der Waals surface area contributed by atoms with E-state index in [9.17, 15) is 4.39 Å². The maximum atomic E-state index is 13.0. The van der Waals surface area contributed by atoms with Crippen LogP contribution < -0.4 is 5.32 Å². The lowest BCUT2D eigenvalue weighted by Crippen LogP contribution is -2.39. The van der Waals surface area contributed by atoms with E-state index in [0.29, 0.717) is 11.4 Å². The van der Waals surface area contributed by atoms with E-state index in [0.717, 1.165) is 16.6 Å². The molecule has 1 aliphatic rings. The van der Waals surface area contributed by atoms with Gasteiger partial charge in [0.25, 0.3) is 0 Å². The second-order valence-corrected chi connectivity index (χ2v) is 4.79. The van der Waals surface area contributed by atoms with Crippen LogP contribution >= 0.6 is 27.5 Å². The average Bonchev–Trinajstić information content (AvgIpc) is 2.14. The van der Waals surface area contributed by atoms with Gasteiger partial charge in [0, 0.05) is 4.47 Å². The molecule has 1 aromatic carbocycles. The Labute approximate surface area is 95.8 Å². The van der Waals surface area contributed by atoms with Gasteiger partial charge < -0.3 is 5.32 Å². The van der Waals surface area contributed by atoms with Gasteiger partial charge in [0.05, 0.1) is 16.8 Å². The van der Waals surface area contributed by atoms with Crippen molar-refractivity contribution in [3.8, 4) is 0 Å². The highest BCUT2D eigenvalue weighted by molar-refractivity contribution is 9.10. The molecule has 1 aliphatic carbocycles. The zero-order chi connectivity index (χ0) is 10.1. The molecule has 0 amide bonds. The quantitative estimate of drug-likeness (QED) is 0.862. The van der Waals surface area contributed by atoms with Gasteiger partial charge >= 0.3 is 0 Å². The van der Waals surface area contributed by atoms with E-state index in [-0.39, 0.29) is 6.04 Å². The normalized spacial score (nSPS) is 25.6. The largest absolute Gasteiger partial charge is 0.378 e. The molecule has 1 aromatic rings. The first-order chi connectivity index (χ1) is 6.66. The fourth-order valence-corrected chi connectivity index (χ4v) is 2.16. The fourth-order valence-electron chi connectivity index (χ4n) is 1.43. The first kappa shape index (κ1) is 10.2. The molecule has 4 heteroatoms. The van der Waals surface area contributed by atoms with Crippen LogP contribution in [0.4, 0.5) is 10.1 Å². The monoisotopic (exact) mass is 277 g/mol. The number of alkyl halides is 1. The fraction of sp³-hybridized carbons (Fsp3) is 0.400. The second-order valence-electron chi connectivity index (χ2n) is 3.47. The number of hydrogen-bond donors (Lipinski definition) is 1. The van der Waals surface area contributed by atoms with Gasteiger partial charge in [0.1, 0.15) is 6.17 Å². The Balaban J connectivity index is 2.09. The molecule has 0 aromatic heterocycles. The zero-order valence-electron chi connectivity index (χ0n) is 7.43. The van der Waals surface area contributed by atoms with Crippen LogP contribution in [0.15, 0.2) is 22.7 Å². The Hall–Kier alpha value is -0.280. The van der Waals surface area contributed by atoms with Gasteiger partial charge in [-0.15, -0.1) is 0 Å². The third-order valence-electron chi connectivity index (χ3n) is 2.46. The zero-order valence-corrected chi connectivity index (χ0v) is 9.78. The smallest absolute Gasteiger partial charge is 0.120 e. The number of benzene rings is 1. The average molecular weight is 279 g/mol. The van der Waals surface area contributed by atoms with Crippen LogP contribution in [-0.2, 0) is 0 Å². The van der Waals surface area contributed by atoms with Crippen molar-refractivity contribution in [2.24, 2.45) is 0 Å². The molecule has 0 spiro atoms. The van der Waals surface area contributed by atoms with Gasteiger partial charge in [-0.1, -0.05) is 27.5 Å². The Morgan fingerprint density at radius 3 is 2.71 bits per heavy atom. The highest BCUT2D eigenvalue weighted by Crippen LogP contribution is 2.31. The highest BCUT2D eigenvalue weighted by atomic mass is 79.9. The van der Waals surface area contributed by atoms with E-state index in [1.54, 1.807) is 6.07 Å². The summed E-state index contributed by atoms with van der Waals surface area (Å²) in [6.07, 6.45) is 0.814. The van der Waals surface area contributed by atoms with Crippen LogP contribution in [0.25, 0.3) is 0 Å². The van der Waals surface area contributed by atoms with E-state index in [1.807, 2.05) is 12.1 Å². The molecule has 0 bridgehead atoms. The van der Waals surface area contributed by atoms with Crippen LogP contribution in [0.2, 0.25) is 5.02 Å². The van der Waals surface area contributed by atoms with E-state index in [2.05, 4.69) is 21.2 Å². The summed E-state index contributed by atoms with van der Waals surface area (Å²) in [5.41, 5.74) is 0.808. The second kappa shape index (κ2) is 4.07. The van der Waals surface area contributed by atoms with Crippen molar-refractivity contribution < 1.29 is 4.39 Å². The summed E-state index contributed by atoms with van der Waals surface area (Å²) in [6, 6.07) is 5.49. The Morgan fingerprint density at radius 1 is 1.43 bits per heavy atom. The third-order valence-corrected chi connectivity index (χ3v) is 3.27. The van der Waals surface area contributed by atoms with E-state index >= 15 is 0 Å². The molecule has 1 nitrogen and oxygen atoms in total. The van der Waals surface area contributed by atoms with Gasteiger partial charge in [-0.25, -0.2) is 4.39 Å². The Bertz CT molecular complexity index is 345. The van der Waals surface area contributed by atoms with Crippen LogP contribution in [0.3, 0.4) is 0 Å². The van der Waals surface area contributed by atoms with Crippen LogP contribution in [0.5, 0.6) is 0 Å². The standard InChI is InChI=1S/C10H10BrClFN/c11-6-1-3-9(7(12)5-6)14-10-4-2-8(10)13/h1,3,5,8,10,14H,2,4H2. The maximum absolute atomic E-state index is 13.0.